The van der Waals surface area contributed by atoms with Crippen LogP contribution in [-0.2, 0) is 15.6 Å². The molecule has 1 aromatic rings. The van der Waals surface area contributed by atoms with Gasteiger partial charge in [-0.1, -0.05) is 45.0 Å². The summed E-state index contributed by atoms with van der Waals surface area (Å²) in [4.78, 5) is 11.4. The first-order chi connectivity index (χ1) is 7.36. The quantitative estimate of drug-likeness (QED) is 0.812. The van der Waals surface area contributed by atoms with Crippen molar-refractivity contribution < 1.29 is 4.79 Å². The lowest BCUT2D eigenvalue weighted by Crippen LogP contribution is -2.28. The lowest BCUT2D eigenvalue weighted by Gasteiger charge is -2.20. The number of nitrogens with two attached hydrogens (primary N) is 1. The molecule has 1 aromatic carbocycles. The van der Waals surface area contributed by atoms with Gasteiger partial charge in [0.2, 0.25) is 5.91 Å². The Morgan fingerprint density at radius 2 is 1.69 bits per heavy atom. The molecule has 1 saturated carbocycles. The summed E-state index contributed by atoms with van der Waals surface area (Å²) in [6, 6.07) is 8.33. The van der Waals surface area contributed by atoms with E-state index in [1.54, 1.807) is 0 Å². The van der Waals surface area contributed by atoms with Crippen LogP contribution in [0.2, 0.25) is 0 Å². The highest BCUT2D eigenvalue weighted by molar-refractivity contribution is 5.89. The summed E-state index contributed by atoms with van der Waals surface area (Å²) in [6.45, 7) is 6.55. The van der Waals surface area contributed by atoms with Crippen molar-refractivity contribution in [3.05, 3.63) is 35.4 Å². The minimum atomic E-state index is -0.351. The molecule has 0 radical (unpaired) electrons. The Balaban J connectivity index is 2.31. The van der Waals surface area contributed by atoms with Gasteiger partial charge in [0, 0.05) is 0 Å². The summed E-state index contributed by atoms with van der Waals surface area (Å²) in [5, 5.41) is 0. The van der Waals surface area contributed by atoms with Crippen molar-refractivity contribution >= 4 is 5.91 Å². The van der Waals surface area contributed by atoms with Gasteiger partial charge >= 0.3 is 0 Å². The molecule has 0 bridgehead atoms. The molecule has 86 valence electrons. The average Bonchev–Trinajstić information content (AvgIpc) is 2.97. The molecule has 0 aromatic heterocycles. The number of primary amides is 1. The fourth-order valence-electron chi connectivity index (χ4n) is 2.09. The molecule has 0 saturated heterocycles. The molecule has 0 unspecified atom stereocenters. The summed E-state index contributed by atoms with van der Waals surface area (Å²) >= 11 is 0. The number of rotatable bonds is 2. The Bertz CT molecular complexity index is 407. The molecule has 0 spiro atoms. The van der Waals surface area contributed by atoms with E-state index in [4.69, 9.17) is 5.73 Å². The second-order valence-electron chi connectivity index (χ2n) is 5.77. The molecule has 2 nitrogen and oxygen atoms in total. The van der Waals surface area contributed by atoms with Crippen LogP contribution in [0.4, 0.5) is 0 Å². The largest absolute Gasteiger partial charge is 0.369 e. The van der Waals surface area contributed by atoms with Crippen LogP contribution in [0.1, 0.15) is 44.7 Å². The van der Waals surface area contributed by atoms with Gasteiger partial charge in [0.1, 0.15) is 0 Å². The number of hydrogen-bond donors (Lipinski definition) is 1. The predicted octanol–water partition coefficient (Wildman–Crippen LogP) is 2.50. The summed E-state index contributed by atoms with van der Waals surface area (Å²) in [5.41, 5.74) is 7.62. The number of benzene rings is 1. The smallest absolute Gasteiger partial charge is 0.228 e. The minimum Gasteiger partial charge on any atom is -0.369 e. The zero-order chi connectivity index (χ0) is 12.0. The van der Waals surface area contributed by atoms with Gasteiger partial charge in [-0.05, 0) is 29.4 Å². The van der Waals surface area contributed by atoms with E-state index in [1.165, 1.54) is 5.56 Å². The van der Waals surface area contributed by atoms with Gasteiger partial charge in [-0.15, -0.1) is 0 Å². The zero-order valence-corrected chi connectivity index (χ0v) is 10.2. The number of hydrogen-bond acceptors (Lipinski definition) is 1. The molecule has 0 heterocycles. The molecule has 1 aliphatic rings. The van der Waals surface area contributed by atoms with Crippen molar-refractivity contribution in [1.82, 2.24) is 0 Å². The predicted molar refractivity (Wildman–Crippen MR) is 65.2 cm³/mol. The zero-order valence-electron chi connectivity index (χ0n) is 10.2. The van der Waals surface area contributed by atoms with Crippen LogP contribution in [-0.4, -0.2) is 5.91 Å². The Morgan fingerprint density at radius 1 is 1.19 bits per heavy atom. The van der Waals surface area contributed by atoms with E-state index < -0.39 is 0 Å². The van der Waals surface area contributed by atoms with Gasteiger partial charge in [-0.25, -0.2) is 0 Å². The van der Waals surface area contributed by atoms with Gasteiger partial charge in [0.15, 0.2) is 0 Å². The maximum Gasteiger partial charge on any atom is 0.228 e. The van der Waals surface area contributed by atoms with Crippen molar-refractivity contribution in [1.29, 1.82) is 0 Å². The van der Waals surface area contributed by atoms with Crippen LogP contribution in [0.15, 0.2) is 24.3 Å². The second-order valence-corrected chi connectivity index (χ2v) is 5.77. The highest BCUT2D eigenvalue weighted by atomic mass is 16.1. The maximum atomic E-state index is 11.4. The molecular formula is C14H19NO. The highest BCUT2D eigenvalue weighted by Gasteiger charge is 2.49. The third-order valence-electron chi connectivity index (χ3n) is 3.53. The van der Waals surface area contributed by atoms with Crippen molar-refractivity contribution in [3.63, 3.8) is 0 Å². The number of amides is 1. The monoisotopic (exact) mass is 217 g/mol. The summed E-state index contributed by atoms with van der Waals surface area (Å²) in [6.07, 6.45) is 1.80. The van der Waals surface area contributed by atoms with Crippen molar-refractivity contribution in [2.24, 2.45) is 5.73 Å². The first kappa shape index (κ1) is 11.2. The van der Waals surface area contributed by atoms with E-state index in [-0.39, 0.29) is 16.7 Å². The molecular weight excluding hydrogens is 198 g/mol. The molecule has 1 aliphatic carbocycles. The van der Waals surface area contributed by atoms with Crippen LogP contribution >= 0.6 is 0 Å². The molecule has 2 heteroatoms. The Hall–Kier alpha value is -1.31. The van der Waals surface area contributed by atoms with E-state index in [0.717, 1.165) is 18.4 Å². The van der Waals surface area contributed by atoms with Crippen LogP contribution in [0, 0.1) is 0 Å². The molecule has 2 N–H and O–H groups in total. The Kier molecular flexibility index (Phi) is 2.33. The van der Waals surface area contributed by atoms with Gasteiger partial charge < -0.3 is 5.73 Å². The highest BCUT2D eigenvalue weighted by Crippen LogP contribution is 2.48. The number of carbonyl (C=O) groups excluding carboxylic acids is 1. The molecule has 16 heavy (non-hydrogen) atoms. The summed E-state index contributed by atoms with van der Waals surface area (Å²) in [5.74, 6) is -0.184. The van der Waals surface area contributed by atoms with Gasteiger partial charge in [-0.3, -0.25) is 4.79 Å². The Morgan fingerprint density at radius 3 is 2.00 bits per heavy atom. The van der Waals surface area contributed by atoms with Crippen LogP contribution in [0.3, 0.4) is 0 Å². The van der Waals surface area contributed by atoms with Gasteiger partial charge in [0.05, 0.1) is 5.41 Å². The van der Waals surface area contributed by atoms with Crippen molar-refractivity contribution in [2.45, 2.75) is 44.4 Å². The second kappa shape index (κ2) is 3.34. The average molecular weight is 217 g/mol. The standard InChI is InChI=1S/C14H19NO/c1-13(2,3)10-4-6-11(7-5-10)14(8-9-14)12(15)16/h4-7H,8-9H2,1-3H3,(H2,15,16). The molecule has 0 aliphatic heterocycles. The van der Waals surface area contributed by atoms with E-state index in [2.05, 4.69) is 45.0 Å². The Labute approximate surface area is 96.8 Å². The third kappa shape index (κ3) is 1.73. The van der Waals surface area contributed by atoms with E-state index in [1.807, 2.05) is 0 Å². The summed E-state index contributed by atoms with van der Waals surface area (Å²) < 4.78 is 0. The first-order valence-corrected chi connectivity index (χ1v) is 5.77. The lowest BCUT2D eigenvalue weighted by atomic mass is 9.85. The first-order valence-electron chi connectivity index (χ1n) is 5.77. The van der Waals surface area contributed by atoms with Crippen LogP contribution in [0.5, 0.6) is 0 Å². The SMILES string of the molecule is CC(C)(C)c1ccc(C2(C(N)=O)CC2)cc1. The van der Waals surface area contributed by atoms with E-state index in [9.17, 15) is 4.79 Å². The van der Waals surface area contributed by atoms with Crippen molar-refractivity contribution in [2.75, 3.05) is 0 Å². The molecule has 1 fully saturated rings. The van der Waals surface area contributed by atoms with Crippen molar-refractivity contribution in [3.8, 4) is 0 Å². The maximum absolute atomic E-state index is 11.4. The van der Waals surface area contributed by atoms with Crippen LogP contribution in [0.25, 0.3) is 0 Å². The molecule has 0 atom stereocenters. The van der Waals surface area contributed by atoms with E-state index in [0.29, 0.717) is 0 Å². The fourth-order valence-corrected chi connectivity index (χ4v) is 2.09. The normalized spacial score (nSPS) is 18.2. The third-order valence-corrected chi connectivity index (χ3v) is 3.53. The van der Waals surface area contributed by atoms with Crippen LogP contribution < -0.4 is 5.73 Å². The van der Waals surface area contributed by atoms with E-state index >= 15 is 0 Å². The molecule has 2 rings (SSSR count). The molecule has 1 amide bonds. The minimum absolute atomic E-state index is 0.155. The van der Waals surface area contributed by atoms with Gasteiger partial charge in [0.25, 0.3) is 0 Å². The number of carbonyl (C=O) groups is 1. The van der Waals surface area contributed by atoms with Gasteiger partial charge in [-0.2, -0.15) is 0 Å². The summed E-state index contributed by atoms with van der Waals surface area (Å²) in [7, 11) is 0. The lowest BCUT2D eigenvalue weighted by molar-refractivity contribution is -0.120. The topological polar surface area (TPSA) is 43.1 Å². The fraction of sp³-hybridized carbons (Fsp3) is 0.500.